The van der Waals surface area contributed by atoms with E-state index in [4.69, 9.17) is 0 Å². The summed E-state index contributed by atoms with van der Waals surface area (Å²) in [4.78, 5) is 2.48. The second-order valence-corrected chi connectivity index (χ2v) is 17.2. The first-order valence-electron chi connectivity index (χ1n) is 22.5. The van der Waals surface area contributed by atoms with E-state index in [9.17, 15) is 0 Å². The third-order valence-corrected chi connectivity index (χ3v) is 13.8. The number of anilines is 3. The predicted octanol–water partition coefficient (Wildman–Crippen LogP) is 16.6. The zero-order chi connectivity index (χ0) is 42.9. The quantitative estimate of drug-likeness (QED) is 0.145. The molecule has 0 spiro atoms. The highest BCUT2D eigenvalue weighted by atomic mass is 15.1. The largest absolute Gasteiger partial charge is 0.309 e. The van der Waals surface area contributed by atoms with Crippen LogP contribution >= 0.6 is 0 Å². The van der Waals surface area contributed by atoms with Gasteiger partial charge in [0.05, 0.1) is 22.1 Å². The molecule has 1 aliphatic rings. The molecule has 1 heterocycles. The van der Waals surface area contributed by atoms with Crippen LogP contribution in [0.25, 0.3) is 71.3 Å². The molecular weight excluding hydrogens is 785 g/mol. The molecule has 12 aromatic rings. The van der Waals surface area contributed by atoms with Crippen molar-refractivity contribution in [3.05, 3.63) is 277 Å². The molecule has 304 valence electrons. The standard InChI is InChI=1S/C63H42N2/c1-5-21-44(22-6-1)63(45-23-7-2-8-24-45)57-35-19-17-29-49(57)50-39-37-43(41-58(50)63)61-52-31-13-15-33-54(52)62(55-34-16-14-32-53(55)61)64(46-25-9-3-10-26-46)48-38-40-60-56(42-48)51-30-18-20-36-59(51)65(60)47-27-11-4-12-28-47/h1-42H. The molecular formula is C63H42N2. The lowest BCUT2D eigenvalue weighted by Gasteiger charge is -2.34. The van der Waals surface area contributed by atoms with Crippen LogP contribution in [-0.2, 0) is 5.41 Å². The zero-order valence-corrected chi connectivity index (χ0v) is 35.6. The van der Waals surface area contributed by atoms with Crippen molar-refractivity contribution in [1.82, 2.24) is 4.57 Å². The average Bonchev–Trinajstić information content (AvgIpc) is 3.87. The first kappa shape index (κ1) is 37.1. The maximum Gasteiger partial charge on any atom is 0.0713 e. The number of para-hydroxylation sites is 3. The maximum absolute atomic E-state index is 2.51. The third-order valence-electron chi connectivity index (χ3n) is 13.8. The van der Waals surface area contributed by atoms with Gasteiger partial charge in [0.25, 0.3) is 0 Å². The fourth-order valence-electron chi connectivity index (χ4n) is 11.2. The molecule has 1 aromatic heterocycles. The van der Waals surface area contributed by atoms with E-state index in [0.717, 1.165) is 22.7 Å². The summed E-state index contributed by atoms with van der Waals surface area (Å²) in [6.45, 7) is 0. The van der Waals surface area contributed by atoms with Gasteiger partial charge in [0.1, 0.15) is 0 Å². The highest BCUT2D eigenvalue weighted by Gasteiger charge is 2.46. The lowest BCUT2D eigenvalue weighted by molar-refractivity contribution is 0.769. The van der Waals surface area contributed by atoms with Gasteiger partial charge in [-0.1, -0.05) is 200 Å². The number of aromatic nitrogens is 1. The van der Waals surface area contributed by atoms with Crippen LogP contribution in [0.15, 0.2) is 255 Å². The van der Waals surface area contributed by atoms with Crippen molar-refractivity contribution in [3.8, 4) is 27.9 Å². The molecule has 0 N–H and O–H groups in total. The van der Waals surface area contributed by atoms with Crippen molar-refractivity contribution in [2.45, 2.75) is 5.41 Å². The maximum atomic E-state index is 2.51. The Kier molecular flexibility index (Phi) is 8.47. The second-order valence-electron chi connectivity index (χ2n) is 17.2. The predicted molar refractivity (Wildman–Crippen MR) is 273 cm³/mol. The molecule has 2 heteroatoms. The smallest absolute Gasteiger partial charge is 0.0713 e. The van der Waals surface area contributed by atoms with Crippen LogP contribution in [-0.4, -0.2) is 4.57 Å². The van der Waals surface area contributed by atoms with E-state index in [1.807, 2.05) is 0 Å². The average molecular weight is 827 g/mol. The van der Waals surface area contributed by atoms with Crippen molar-refractivity contribution < 1.29 is 0 Å². The van der Waals surface area contributed by atoms with E-state index in [-0.39, 0.29) is 0 Å². The van der Waals surface area contributed by atoms with Crippen molar-refractivity contribution in [2.75, 3.05) is 4.90 Å². The van der Waals surface area contributed by atoms with Gasteiger partial charge in [-0.3, -0.25) is 0 Å². The Balaban J connectivity index is 1.08. The van der Waals surface area contributed by atoms with Crippen LogP contribution in [0.3, 0.4) is 0 Å². The summed E-state index contributed by atoms with van der Waals surface area (Å²) >= 11 is 0. The lowest BCUT2D eigenvalue weighted by atomic mass is 9.67. The Morgan fingerprint density at radius 3 is 1.49 bits per heavy atom. The number of benzene rings is 11. The van der Waals surface area contributed by atoms with E-state index in [0.29, 0.717) is 0 Å². The Morgan fingerprint density at radius 2 is 0.831 bits per heavy atom. The van der Waals surface area contributed by atoms with E-state index >= 15 is 0 Å². The Bertz CT molecular complexity index is 3660. The number of fused-ring (bicyclic) bond motifs is 8. The molecule has 0 fully saturated rings. The minimum absolute atomic E-state index is 0.498. The van der Waals surface area contributed by atoms with Crippen LogP contribution in [0.1, 0.15) is 22.3 Å². The van der Waals surface area contributed by atoms with Gasteiger partial charge in [-0.2, -0.15) is 0 Å². The van der Waals surface area contributed by atoms with Gasteiger partial charge in [0, 0.05) is 38.6 Å². The summed E-state index contributed by atoms with van der Waals surface area (Å²) in [7, 11) is 0. The molecule has 0 aliphatic heterocycles. The van der Waals surface area contributed by atoms with Gasteiger partial charge in [0.2, 0.25) is 0 Å². The van der Waals surface area contributed by atoms with Gasteiger partial charge >= 0.3 is 0 Å². The molecule has 0 unspecified atom stereocenters. The fourth-order valence-corrected chi connectivity index (χ4v) is 11.2. The van der Waals surface area contributed by atoms with Crippen LogP contribution < -0.4 is 4.90 Å². The highest BCUT2D eigenvalue weighted by Crippen LogP contribution is 2.57. The molecule has 0 radical (unpaired) electrons. The monoisotopic (exact) mass is 826 g/mol. The normalized spacial score (nSPS) is 12.7. The molecule has 0 saturated carbocycles. The first-order valence-corrected chi connectivity index (χ1v) is 22.5. The minimum Gasteiger partial charge on any atom is -0.309 e. The first-order chi connectivity index (χ1) is 32.3. The molecule has 11 aromatic carbocycles. The number of hydrogen-bond acceptors (Lipinski definition) is 1. The summed E-state index contributed by atoms with van der Waals surface area (Å²) in [6.07, 6.45) is 0. The van der Waals surface area contributed by atoms with Gasteiger partial charge < -0.3 is 9.47 Å². The fraction of sp³-hybridized carbons (Fsp3) is 0.0159. The molecule has 13 rings (SSSR count). The molecule has 2 nitrogen and oxygen atoms in total. The number of nitrogens with zero attached hydrogens (tertiary/aromatic N) is 2. The van der Waals surface area contributed by atoms with E-state index in [1.165, 1.54) is 87.9 Å². The van der Waals surface area contributed by atoms with E-state index in [2.05, 4.69) is 264 Å². The summed E-state index contributed by atoms with van der Waals surface area (Å²) in [5.74, 6) is 0. The topological polar surface area (TPSA) is 8.17 Å². The van der Waals surface area contributed by atoms with E-state index in [1.54, 1.807) is 0 Å². The zero-order valence-electron chi connectivity index (χ0n) is 35.6. The minimum atomic E-state index is -0.498. The summed E-state index contributed by atoms with van der Waals surface area (Å²) in [5.41, 5.74) is 16.6. The summed E-state index contributed by atoms with van der Waals surface area (Å²) in [6, 6.07) is 93.9. The van der Waals surface area contributed by atoms with Crippen LogP contribution in [0.2, 0.25) is 0 Å². The Morgan fingerprint density at radius 1 is 0.323 bits per heavy atom. The molecule has 65 heavy (non-hydrogen) atoms. The number of rotatable bonds is 7. The van der Waals surface area contributed by atoms with Gasteiger partial charge in [-0.05, 0) is 110 Å². The molecule has 0 saturated heterocycles. The molecule has 0 bridgehead atoms. The highest BCUT2D eigenvalue weighted by molar-refractivity contribution is 6.23. The summed E-state index contributed by atoms with van der Waals surface area (Å²) in [5, 5.41) is 7.25. The summed E-state index contributed by atoms with van der Waals surface area (Å²) < 4.78 is 2.39. The Labute approximate surface area is 378 Å². The molecule has 0 amide bonds. The van der Waals surface area contributed by atoms with E-state index < -0.39 is 5.41 Å². The van der Waals surface area contributed by atoms with Crippen molar-refractivity contribution in [3.63, 3.8) is 0 Å². The van der Waals surface area contributed by atoms with Crippen molar-refractivity contribution >= 4 is 60.4 Å². The van der Waals surface area contributed by atoms with Crippen molar-refractivity contribution in [2.24, 2.45) is 0 Å². The molecule has 1 aliphatic carbocycles. The third kappa shape index (κ3) is 5.54. The lowest BCUT2D eigenvalue weighted by Crippen LogP contribution is -2.28. The van der Waals surface area contributed by atoms with Crippen molar-refractivity contribution in [1.29, 1.82) is 0 Å². The second kappa shape index (κ2) is 14.8. The SMILES string of the molecule is c1ccc(N(c2ccc3c(c2)c2ccccc2n3-c2ccccc2)c2c3ccccc3c(-c3ccc4c(c3)C(c3ccccc3)(c3ccccc3)c3ccccc3-4)c3ccccc23)cc1. The number of hydrogen-bond donors (Lipinski definition) is 0. The van der Waals surface area contributed by atoms with Gasteiger partial charge in [-0.25, -0.2) is 0 Å². The van der Waals surface area contributed by atoms with Gasteiger partial charge in [-0.15, -0.1) is 0 Å². The van der Waals surface area contributed by atoms with Crippen LogP contribution in [0.4, 0.5) is 17.1 Å². The van der Waals surface area contributed by atoms with Gasteiger partial charge in [0.15, 0.2) is 0 Å². The molecule has 0 atom stereocenters. The Hall–Kier alpha value is -8.46. The van der Waals surface area contributed by atoms with Crippen LogP contribution in [0.5, 0.6) is 0 Å². The van der Waals surface area contributed by atoms with Crippen LogP contribution in [0, 0.1) is 0 Å².